The Hall–Kier alpha value is -1.60. The van der Waals surface area contributed by atoms with E-state index in [0.29, 0.717) is 24.3 Å². The van der Waals surface area contributed by atoms with E-state index in [1.165, 1.54) is 10.6 Å². The third-order valence-corrected chi connectivity index (χ3v) is 4.73. The molecule has 21 heavy (non-hydrogen) atoms. The molecule has 0 saturated heterocycles. The number of anilines is 1. The minimum atomic E-state index is -3.28. The van der Waals surface area contributed by atoms with E-state index in [-0.39, 0.29) is 11.9 Å². The molecule has 1 atom stereocenters. The van der Waals surface area contributed by atoms with Crippen LogP contribution < -0.4 is 15.4 Å². The third-order valence-electron chi connectivity index (χ3n) is 3.55. The lowest BCUT2D eigenvalue weighted by Crippen LogP contribution is -2.38. The van der Waals surface area contributed by atoms with Crippen LogP contribution in [0.2, 0.25) is 0 Å². The fraction of sp³-hybridized carbons (Fsp3) is 0.500. The molecule has 0 aliphatic carbocycles. The lowest BCUT2D eigenvalue weighted by Gasteiger charge is -2.29. The maximum atomic E-state index is 12.1. The smallest absolute Gasteiger partial charge is 0.251 e. The summed E-state index contributed by atoms with van der Waals surface area (Å²) in [7, 11) is -3.28. The molecule has 6 nitrogen and oxygen atoms in total. The van der Waals surface area contributed by atoms with Gasteiger partial charge in [-0.2, -0.15) is 0 Å². The summed E-state index contributed by atoms with van der Waals surface area (Å²) in [6.45, 7) is 2.70. The highest BCUT2D eigenvalue weighted by atomic mass is 32.2. The molecule has 1 heterocycles. The Balaban J connectivity index is 2.29. The monoisotopic (exact) mass is 311 g/mol. The minimum Gasteiger partial charge on any atom is -0.348 e. The Morgan fingerprint density at radius 2 is 2.19 bits per heavy atom. The summed E-state index contributed by atoms with van der Waals surface area (Å²) in [6.07, 6.45) is 2.73. The molecule has 0 aromatic heterocycles. The van der Waals surface area contributed by atoms with Crippen molar-refractivity contribution in [3.8, 4) is 0 Å². The van der Waals surface area contributed by atoms with Gasteiger partial charge in [0.1, 0.15) is 0 Å². The summed E-state index contributed by atoms with van der Waals surface area (Å²) < 4.78 is 25.0. The van der Waals surface area contributed by atoms with E-state index in [0.717, 1.165) is 18.4 Å². The molecular formula is C14H21N3O3S. The second-order valence-corrected chi connectivity index (χ2v) is 7.30. The average Bonchev–Trinajstić information content (AvgIpc) is 2.44. The van der Waals surface area contributed by atoms with Crippen LogP contribution in [0.15, 0.2) is 18.2 Å². The number of fused-ring (bicyclic) bond motifs is 1. The van der Waals surface area contributed by atoms with Crippen LogP contribution in [-0.4, -0.2) is 39.7 Å². The summed E-state index contributed by atoms with van der Waals surface area (Å²) >= 11 is 0. The number of nitrogens with two attached hydrogens (primary N) is 1. The number of amides is 1. The van der Waals surface area contributed by atoms with E-state index >= 15 is 0 Å². The molecule has 7 heteroatoms. The zero-order chi connectivity index (χ0) is 15.6. The van der Waals surface area contributed by atoms with Gasteiger partial charge in [0.05, 0.1) is 11.9 Å². The summed E-state index contributed by atoms with van der Waals surface area (Å²) in [6, 6.07) is 5.03. The van der Waals surface area contributed by atoms with Crippen molar-refractivity contribution < 1.29 is 13.2 Å². The highest BCUT2D eigenvalue weighted by Crippen LogP contribution is 2.29. The molecule has 0 fully saturated rings. The van der Waals surface area contributed by atoms with Gasteiger partial charge in [-0.25, -0.2) is 8.42 Å². The van der Waals surface area contributed by atoms with E-state index in [1.807, 2.05) is 6.92 Å². The molecule has 2 rings (SSSR count). The van der Waals surface area contributed by atoms with E-state index in [9.17, 15) is 13.2 Å². The van der Waals surface area contributed by atoms with Crippen molar-refractivity contribution in [3.05, 3.63) is 29.3 Å². The highest BCUT2D eigenvalue weighted by molar-refractivity contribution is 7.92. The number of benzene rings is 1. The summed E-state index contributed by atoms with van der Waals surface area (Å²) in [5.74, 6) is -0.188. The number of rotatable bonds is 4. The quantitative estimate of drug-likeness (QED) is 0.845. The van der Waals surface area contributed by atoms with Crippen molar-refractivity contribution in [1.82, 2.24) is 5.32 Å². The predicted octanol–water partition coefficient (Wildman–Crippen LogP) is 0.476. The first-order chi connectivity index (χ1) is 9.82. The van der Waals surface area contributed by atoms with E-state index in [1.54, 1.807) is 18.2 Å². The van der Waals surface area contributed by atoms with Crippen LogP contribution in [0, 0.1) is 0 Å². The molecule has 1 amide bonds. The maximum absolute atomic E-state index is 12.1. The molecule has 0 unspecified atom stereocenters. The second kappa shape index (κ2) is 6.03. The normalized spacial score (nSPS) is 16.2. The van der Waals surface area contributed by atoms with Crippen LogP contribution in [0.5, 0.6) is 0 Å². The second-order valence-electron chi connectivity index (χ2n) is 5.39. The lowest BCUT2D eigenvalue weighted by molar-refractivity contribution is 0.0941. The number of hydrogen-bond acceptors (Lipinski definition) is 4. The van der Waals surface area contributed by atoms with Crippen molar-refractivity contribution in [1.29, 1.82) is 0 Å². The largest absolute Gasteiger partial charge is 0.348 e. The van der Waals surface area contributed by atoms with Gasteiger partial charge in [-0.05, 0) is 43.5 Å². The molecule has 1 aromatic rings. The SMILES string of the molecule is C[C@@H](CN)NC(=O)c1ccc2c(c1)CCCN2S(C)(=O)=O. The van der Waals surface area contributed by atoms with Crippen LogP contribution in [-0.2, 0) is 16.4 Å². The number of aryl methyl sites for hydroxylation is 1. The Kier molecular flexibility index (Phi) is 4.53. The molecule has 1 aliphatic rings. The molecule has 3 N–H and O–H groups in total. The van der Waals surface area contributed by atoms with Crippen LogP contribution in [0.3, 0.4) is 0 Å². The first-order valence-corrected chi connectivity index (χ1v) is 8.79. The van der Waals surface area contributed by atoms with Gasteiger partial charge in [0.25, 0.3) is 5.91 Å². The number of hydrogen-bond donors (Lipinski definition) is 2. The van der Waals surface area contributed by atoms with E-state index in [4.69, 9.17) is 5.73 Å². The van der Waals surface area contributed by atoms with E-state index < -0.39 is 10.0 Å². The van der Waals surface area contributed by atoms with Gasteiger partial charge >= 0.3 is 0 Å². The van der Waals surface area contributed by atoms with Gasteiger partial charge in [0.2, 0.25) is 10.0 Å². The van der Waals surface area contributed by atoms with Gasteiger partial charge < -0.3 is 11.1 Å². The fourth-order valence-corrected chi connectivity index (χ4v) is 3.41. The Morgan fingerprint density at radius 3 is 2.81 bits per heavy atom. The van der Waals surface area contributed by atoms with Crippen molar-refractivity contribution in [2.75, 3.05) is 23.7 Å². The Labute approximate surface area is 125 Å². The first kappa shape index (κ1) is 15.8. The van der Waals surface area contributed by atoms with Crippen LogP contribution in [0.4, 0.5) is 5.69 Å². The predicted molar refractivity (Wildman–Crippen MR) is 82.9 cm³/mol. The molecule has 0 saturated carbocycles. The number of nitrogens with one attached hydrogen (secondary N) is 1. The highest BCUT2D eigenvalue weighted by Gasteiger charge is 2.24. The van der Waals surface area contributed by atoms with Gasteiger partial charge in [0.15, 0.2) is 0 Å². The molecule has 0 radical (unpaired) electrons. The van der Waals surface area contributed by atoms with Crippen molar-refractivity contribution in [2.24, 2.45) is 5.73 Å². The summed E-state index contributed by atoms with van der Waals surface area (Å²) in [4.78, 5) is 12.1. The van der Waals surface area contributed by atoms with Crippen LogP contribution in [0.25, 0.3) is 0 Å². The van der Waals surface area contributed by atoms with Crippen molar-refractivity contribution in [3.63, 3.8) is 0 Å². The van der Waals surface area contributed by atoms with Gasteiger partial charge in [-0.15, -0.1) is 0 Å². The number of sulfonamides is 1. The van der Waals surface area contributed by atoms with Crippen LogP contribution >= 0.6 is 0 Å². The standard InChI is InChI=1S/C14H21N3O3S/c1-10(9-15)16-14(18)12-5-6-13-11(8-12)4-3-7-17(13)21(2,19)20/h5-6,8,10H,3-4,7,9,15H2,1-2H3,(H,16,18)/t10-/m0/s1. The average molecular weight is 311 g/mol. The molecule has 1 aromatic carbocycles. The maximum Gasteiger partial charge on any atom is 0.251 e. The summed E-state index contributed by atoms with van der Waals surface area (Å²) in [5.41, 5.74) is 7.58. The van der Waals surface area contributed by atoms with E-state index in [2.05, 4.69) is 5.32 Å². The first-order valence-electron chi connectivity index (χ1n) is 6.94. The number of nitrogens with zero attached hydrogens (tertiary/aromatic N) is 1. The molecular weight excluding hydrogens is 290 g/mol. The third kappa shape index (κ3) is 3.54. The zero-order valence-corrected chi connectivity index (χ0v) is 13.1. The van der Waals surface area contributed by atoms with Crippen LogP contribution in [0.1, 0.15) is 29.3 Å². The fourth-order valence-electron chi connectivity index (χ4n) is 2.41. The van der Waals surface area contributed by atoms with Crippen molar-refractivity contribution in [2.45, 2.75) is 25.8 Å². The Bertz CT molecular complexity index is 643. The molecule has 116 valence electrons. The topological polar surface area (TPSA) is 92.5 Å². The van der Waals surface area contributed by atoms with Gasteiger partial charge in [-0.3, -0.25) is 9.10 Å². The van der Waals surface area contributed by atoms with Crippen molar-refractivity contribution >= 4 is 21.6 Å². The minimum absolute atomic E-state index is 0.0962. The molecule has 1 aliphatic heterocycles. The summed E-state index contributed by atoms with van der Waals surface area (Å²) in [5, 5.41) is 2.80. The van der Waals surface area contributed by atoms with Gasteiger partial charge in [-0.1, -0.05) is 0 Å². The molecule has 0 bridgehead atoms. The van der Waals surface area contributed by atoms with Gasteiger partial charge in [0, 0.05) is 24.7 Å². The zero-order valence-electron chi connectivity index (χ0n) is 12.3. The Morgan fingerprint density at radius 1 is 1.48 bits per heavy atom. The number of carbonyl (C=O) groups excluding carboxylic acids is 1. The number of carbonyl (C=O) groups is 1. The lowest BCUT2D eigenvalue weighted by atomic mass is 10.0. The molecule has 0 spiro atoms.